The zero-order valence-electron chi connectivity index (χ0n) is 9.53. The van der Waals surface area contributed by atoms with Gasteiger partial charge in [0.2, 0.25) is 0 Å². The molecule has 2 N–H and O–H groups in total. The maximum atomic E-state index is 12.2. The van der Waals surface area contributed by atoms with Crippen LogP contribution in [0.4, 0.5) is 5.69 Å². The third-order valence-electron chi connectivity index (χ3n) is 2.20. The molecule has 0 atom stereocenters. The number of rotatable bonds is 3. The van der Waals surface area contributed by atoms with Crippen molar-refractivity contribution in [1.29, 1.82) is 0 Å². The number of thiazole rings is 1. The summed E-state index contributed by atoms with van der Waals surface area (Å²) < 4.78 is 27.5. The molecule has 0 aliphatic carbocycles. The van der Waals surface area contributed by atoms with E-state index in [1.807, 2.05) is 22.6 Å². The molecule has 102 valence electrons. The van der Waals surface area contributed by atoms with E-state index >= 15 is 0 Å². The molecule has 19 heavy (non-hydrogen) atoms. The lowest BCUT2D eigenvalue weighted by Gasteiger charge is -2.08. The zero-order chi connectivity index (χ0) is 14.2. The lowest BCUT2D eigenvalue weighted by atomic mass is 10.3. The number of aromatic nitrogens is 1. The first-order valence-electron chi connectivity index (χ1n) is 4.97. The highest BCUT2D eigenvalue weighted by atomic mass is 127. The van der Waals surface area contributed by atoms with Crippen LogP contribution in [0.5, 0.6) is 0 Å². The number of aryl methyl sites for hydroxylation is 1. The van der Waals surface area contributed by atoms with Gasteiger partial charge in [-0.3, -0.25) is 9.52 Å². The van der Waals surface area contributed by atoms with Crippen LogP contribution < -0.4 is 9.60 Å². The maximum absolute atomic E-state index is 12.2. The molecule has 1 aromatic heterocycles. The first-order valence-corrected chi connectivity index (χ1v) is 8.73. The van der Waals surface area contributed by atoms with Gasteiger partial charge >= 0.3 is 4.87 Å². The Morgan fingerprint density at radius 1 is 1.42 bits per heavy atom. The Balaban J connectivity index is 2.42. The molecule has 2 rings (SSSR count). The molecule has 0 aliphatic rings. The van der Waals surface area contributed by atoms with Crippen molar-refractivity contribution in [3.8, 4) is 0 Å². The Labute approximate surface area is 132 Å². The molecule has 0 fully saturated rings. The molecule has 1 heterocycles. The van der Waals surface area contributed by atoms with Crippen LogP contribution in [0, 0.1) is 10.5 Å². The highest BCUT2D eigenvalue weighted by Gasteiger charge is 2.21. The van der Waals surface area contributed by atoms with Crippen LogP contribution in [0.3, 0.4) is 0 Å². The number of halogens is 2. The van der Waals surface area contributed by atoms with E-state index in [9.17, 15) is 13.2 Å². The molecule has 2 aromatic rings. The lowest BCUT2D eigenvalue weighted by Crippen LogP contribution is -2.13. The average molecular weight is 431 g/mol. The van der Waals surface area contributed by atoms with Gasteiger partial charge in [-0.2, -0.15) is 0 Å². The van der Waals surface area contributed by atoms with Crippen LogP contribution in [-0.2, 0) is 10.0 Å². The molecule has 9 heteroatoms. The molecule has 0 unspecified atom stereocenters. The summed E-state index contributed by atoms with van der Waals surface area (Å²) in [6, 6.07) is 4.81. The maximum Gasteiger partial charge on any atom is 0.306 e. The normalized spacial score (nSPS) is 11.5. The fraction of sp³-hybridized carbons (Fsp3) is 0.100. The first kappa shape index (κ1) is 14.8. The first-order chi connectivity index (χ1) is 8.79. The third kappa shape index (κ3) is 3.30. The molecule has 0 spiro atoms. The number of sulfonamides is 1. The van der Waals surface area contributed by atoms with E-state index in [0.717, 1.165) is 0 Å². The Hall–Kier alpha value is -0.580. The average Bonchev–Trinajstić information content (AvgIpc) is 2.63. The van der Waals surface area contributed by atoms with Crippen molar-refractivity contribution < 1.29 is 8.42 Å². The van der Waals surface area contributed by atoms with E-state index in [4.69, 9.17) is 11.6 Å². The van der Waals surface area contributed by atoms with Crippen LogP contribution in [0.25, 0.3) is 0 Å². The number of H-pyrrole nitrogens is 1. The molecular formula is C10H8ClIN2O3S2. The van der Waals surface area contributed by atoms with Gasteiger partial charge in [0.25, 0.3) is 10.0 Å². The van der Waals surface area contributed by atoms with Crippen LogP contribution in [0.2, 0.25) is 5.02 Å². The van der Waals surface area contributed by atoms with Gasteiger partial charge in [-0.05, 0) is 47.7 Å². The lowest BCUT2D eigenvalue weighted by molar-refractivity contribution is 0.602. The van der Waals surface area contributed by atoms with E-state index in [0.29, 0.717) is 31.3 Å². The standard InChI is InChI=1S/C10H8ClIN2O3S2/c1-5-9(18-10(15)13-5)19(16,17)14-8-3-2-6(11)4-7(8)12/h2-4,14H,1H3,(H,13,15). The van der Waals surface area contributed by atoms with Crippen LogP contribution >= 0.6 is 45.5 Å². The van der Waals surface area contributed by atoms with Crippen molar-refractivity contribution in [2.45, 2.75) is 11.1 Å². The summed E-state index contributed by atoms with van der Waals surface area (Å²) in [5.41, 5.74) is 0.747. The van der Waals surface area contributed by atoms with E-state index in [1.54, 1.807) is 25.1 Å². The molecule has 0 radical (unpaired) electrons. The minimum atomic E-state index is -3.77. The molecule has 0 bridgehead atoms. The zero-order valence-corrected chi connectivity index (χ0v) is 14.1. The minimum absolute atomic E-state index is 0.0109. The van der Waals surface area contributed by atoms with Crippen molar-refractivity contribution in [2.24, 2.45) is 0 Å². The smallest absolute Gasteiger partial charge is 0.306 e. The summed E-state index contributed by atoms with van der Waals surface area (Å²) in [5, 5.41) is 0.523. The largest absolute Gasteiger partial charge is 0.315 e. The third-order valence-corrected chi connectivity index (χ3v) is 6.30. The Kier molecular flexibility index (Phi) is 4.23. The highest BCUT2D eigenvalue weighted by molar-refractivity contribution is 14.1. The van der Waals surface area contributed by atoms with Crippen molar-refractivity contribution >= 4 is 61.2 Å². The van der Waals surface area contributed by atoms with Gasteiger partial charge < -0.3 is 4.98 Å². The summed E-state index contributed by atoms with van der Waals surface area (Å²) in [7, 11) is -3.77. The van der Waals surface area contributed by atoms with Gasteiger partial charge in [0.15, 0.2) is 4.21 Å². The van der Waals surface area contributed by atoms with Crippen molar-refractivity contribution in [3.63, 3.8) is 0 Å². The summed E-state index contributed by atoms with van der Waals surface area (Å²) in [4.78, 5) is 13.2. The molecule has 0 saturated heterocycles. The SMILES string of the molecule is Cc1[nH]c(=O)sc1S(=O)(=O)Nc1ccc(Cl)cc1I. The second-order valence-corrected chi connectivity index (χ2v) is 8.12. The van der Waals surface area contributed by atoms with Crippen LogP contribution in [-0.4, -0.2) is 13.4 Å². The summed E-state index contributed by atoms with van der Waals surface area (Å²) >= 11 is 8.45. The second-order valence-electron chi connectivity index (χ2n) is 3.66. The van der Waals surface area contributed by atoms with Crippen LogP contribution in [0.1, 0.15) is 5.69 Å². The molecule has 1 aromatic carbocycles. The van der Waals surface area contributed by atoms with E-state index < -0.39 is 14.9 Å². The molecule has 0 amide bonds. The fourth-order valence-corrected chi connectivity index (χ4v) is 4.98. The quantitative estimate of drug-likeness (QED) is 0.735. The predicted molar refractivity (Wildman–Crippen MR) is 84.7 cm³/mol. The van der Waals surface area contributed by atoms with Gasteiger partial charge in [0, 0.05) is 14.3 Å². The number of hydrogen-bond donors (Lipinski definition) is 2. The van der Waals surface area contributed by atoms with Crippen molar-refractivity contribution in [2.75, 3.05) is 4.72 Å². The van der Waals surface area contributed by atoms with Gasteiger partial charge in [-0.1, -0.05) is 22.9 Å². The molecule has 5 nitrogen and oxygen atoms in total. The second kappa shape index (κ2) is 5.43. The Morgan fingerprint density at radius 2 is 2.11 bits per heavy atom. The Morgan fingerprint density at radius 3 is 2.63 bits per heavy atom. The summed E-state index contributed by atoms with van der Waals surface area (Å²) in [5.74, 6) is 0. The van der Waals surface area contributed by atoms with Crippen LogP contribution in [0.15, 0.2) is 27.2 Å². The number of anilines is 1. The number of benzene rings is 1. The Bertz CT molecular complexity index is 782. The number of hydrogen-bond acceptors (Lipinski definition) is 4. The van der Waals surface area contributed by atoms with Gasteiger partial charge in [0.1, 0.15) is 0 Å². The van der Waals surface area contributed by atoms with Crippen molar-refractivity contribution in [3.05, 3.63) is 42.2 Å². The van der Waals surface area contributed by atoms with E-state index in [1.165, 1.54) is 0 Å². The van der Waals surface area contributed by atoms with Gasteiger partial charge in [0.05, 0.1) is 5.69 Å². The minimum Gasteiger partial charge on any atom is -0.315 e. The van der Waals surface area contributed by atoms with Gasteiger partial charge in [-0.15, -0.1) is 0 Å². The number of aromatic amines is 1. The summed E-state index contributed by atoms with van der Waals surface area (Å²) in [6.45, 7) is 1.54. The monoisotopic (exact) mass is 430 g/mol. The van der Waals surface area contributed by atoms with E-state index in [-0.39, 0.29) is 4.21 Å². The fourth-order valence-electron chi connectivity index (χ4n) is 1.41. The predicted octanol–water partition coefficient (Wildman–Crippen LogP) is 2.80. The molecule has 0 aliphatic heterocycles. The topological polar surface area (TPSA) is 79.0 Å². The van der Waals surface area contributed by atoms with E-state index in [2.05, 4.69) is 9.71 Å². The van der Waals surface area contributed by atoms with Crippen molar-refractivity contribution in [1.82, 2.24) is 4.98 Å². The molecular weight excluding hydrogens is 423 g/mol. The van der Waals surface area contributed by atoms with Gasteiger partial charge in [-0.25, -0.2) is 8.42 Å². The summed E-state index contributed by atoms with van der Waals surface area (Å²) in [6.07, 6.45) is 0. The highest BCUT2D eigenvalue weighted by Crippen LogP contribution is 2.26. The molecule has 0 saturated carbocycles. The number of nitrogens with one attached hydrogen (secondary N) is 2.